The molecule has 0 aliphatic heterocycles. The summed E-state index contributed by atoms with van der Waals surface area (Å²) < 4.78 is 5.58. The second-order valence-electron chi connectivity index (χ2n) is 9.99. The summed E-state index contributed by atoms with van der Waals surface area (Å²) in [5, 5.41) is 9.25. The van der Waals surface area contributed by atoms with E-state index in [0.29, 0.717) is 11.8 Å². The molecule has 0 amide bonds. The number of rotatable bonds is 19. The molecule has 174 valence electrons. The number of esters is 1. The van der Waals surface area contributed by atoms with E-state index in [1.807, 2.05) is 6.92 Å². The van der Waals surface area contributed by atoms with Gasteiger partial charge in [-0.15, -0.1) is 0 Å². The van der Waals surface area contributed by atoms with Crippen LogP contribution >= 0.6 is 0 Å². The van der Waals surface area contributed by atoms with Crippen molar-refractivity contribution in [2.45, 2.75) is 129 Å². The van der Waals surface area contributed by atoms with E-state index in [0.717, 1.165) is 44.9 Å². The molecule has 3 atom stereocenters. The van der Waals surface area contributed by atoms with Crippen LogP contribution in [0, 0.1) is 23.7 Å². The Bertz CT molecular complexity index is 495. The van der Waals surface area contributed by atoms with Gasteiger partial charge in [-0.3, -0.25) is 9.59 Å². The maximum atomic E-state index is 12.4. The lowest BCUT2D eigenvalue weighted by Crippen LogP contribution is -2.23. The van der Waals surface area contributed by atoms with Crippen molar-refractivity contribution in [2.75, 3.05) is 0 Å². The second kappa shape index (κ2) is 14.1. The summed E-state index contributed by atoms with van der Waals surface area (Å²) in [5.41, 5.74) is 0. The van der Waals surface area contributed by atoms with Gasteiger partial charge in [0.2, 0.25) is 0 Å². The van der Waals surface area contributed by atoms with Gasteiger partial charge in [-0.1, -0.05) is 71.1 Å². The zero-order chi connectivity index (χ0) is 21.8. The number of hydrogen-bond donors (Lipinski definition) is 1. The van der Waals surface area contributed by atoms with E-state index in [4.69, 9.17) is 4.74 Å². The van der Waals surface area contributed by atoms with Gasteiger partial charge in [-0.25, -0.2) is 0 Å². The van der Waals surface area contributed by atoms with E-state index < -0.39 is 5.97 Å². The normalized spacial score (nSPS) is 19.3. The maximum Gasteiger partial charge on any atom is 0.309 e. The molecule has 1 N–H and O–H groups in total. The van der Waals surface area contributed by atoms with Gasteiger partial charge < -0.3 is 9.84 Å². The number of carboxylic acids is 1. The lowest BCUT2D eigenvalue weighted by atomic mass is 9.95. The highest BCUT2D eigenvalue weighted by molar-refractivity contribution is 5.73. The number of carbonyl (C=O) groups is 2. The van der Waals surface area contributed by atoms with Crippen LogP contribution in [0.1, 0.15) is 123 Å². The number of unbranched alkanes of at least 4 members (excludes halogenated alkanes) is 9. The van der Waals surface area contributed by atoms with E-state index in [2.05, 4.69) is 6.92 Å². The molecular formula is C26H46O4. The molecule has 0 bridgehead atoms. The molecule has 0 heterocycles. The van der Waals surface area contributed by atoms with Crippen molar-refractivity contribution in [1.29, 1.82) is 0 Å². The van der Waals surface area contributed by atoms with E-state index >= 15 is 0 Å². The van der Waals surface area contributed by atoms with Crippen LogP contribution in [0.25, 0.3) is 0 Å². The largest absolute Gasteiger partial charge is 0.481 e. The van der Waals surface area contributed by atoms with Gasteiger partial charge >= 0.3 is 11.9 Å². The van der Waals surface area contributed by atoms with Gasteiger partial charge in [0, 0.05) is 0 Å². The fourth-order valence-corrected chi connectivity index (χ4v) is 4.62. The Balaban J connectivity index is 1.39. The van der Waals surface area contributed by atoms with Gasteiger partial charge in [-0.2, -0.15) is 0 Å². The first-order chi connectivity index (χ1) is 14.5. The van der Waals surface area contributed by atoms with Crippen molar-refractivity contribution < 1.29 is 19.4 Å². The van der Waals surface area contributed by atoms with Crippen LogP contribution in [0.2, 0.25) is 0 Å². The zero-order valence-electron chi connectivity index (χ0n) is 19.6. The number of hydrogen-bond acceptors (Lipinski definition) is 3. The van der Waals surface area contributed by atoms with Crippen molar-refractivity contribution in [3.8, 4) is 0 Å². The van der Waals surface area contributed by atoms with Crippen LogP contribution in [-0.4, -0.2) is 23.1 Å². The Hall–Kier alpha value is -1.06. The molecule has 2 fully saturated rings. The van der Waals surface area contributed by atoms with Gasteiger partial charge in [0.05, 0.1) is 17.9 Å². The molecule has 0 aromatic heterocycles. The minimum absolute atomic E-state index is 0.0514. The van der Waals surface area contributed by atoms with Gasteiger partial charge in [0.15, 0.2) is 0 Å². The molecule has 4 nitrogen and oxygen atoms in total. The Kier molecular flexibility index (Phi) is 11.8. The van der Waals surface area contributed by atoms with Crippen LogP contribution in [0.15, 0.2) is 0 Å². The molecule has 0 spiro atoms. The third kappa shape index (κ3) is 10.3. The summed E-state index contributed by atoms with van der Waals surface area (Å²) in [6.07, 6.45) is 19.9. The standard InChI is InChI=1S/C26H46O4/c1-3-20(2)30-26(29)24(22-18-19-22)15-13-11-9-7-5-4-6-8-10-12-14-23(25(27)28)21-16-17-21/h20-24H,3-19H2,1-2H3,(H,27,28). The molecule has 0 saturated heterocycles. The van der Waals surface area contributed by atoms with Crippen LogP contribution in [0.3, 0.4) is 0 Å². The fraction of sp³-hybridized carbons (Fsp3) is 0.923. The molecule has 0 radical (unpaired) electrons. The lowest BCUT2D eigenvalue weighted by molar-refractivity contribution is -0.154. The highest BCUT2D eigenvalue weighted by Crippen LogP contribution is 2.40. The highest BCUT2D eigenvalue weighted by atomic mass is 16.5. The van der Waals surface area contributed by atoms with Crippen LogP contribution in [-0.2, 0) is 14.3 Å². The molecule has 2 saturated carbocycles. The lowest BCUT2D eigenvalue weighted by Gasteiger charge is -2.18. The molecule has 4 heteroatoms. The van der Waals surface area contributed by atoms with Crippen LogP contribution in [0.4, 0.5) is 0 Å². The fourth-order valence-electron chi connectivity index (χ4n) is 4.62. The predicted octanol–water partition coefficient (Wildman–Crippen LogP) is 7.15. The van der Waals surface area contributed by atoms with E-state index in [1.54, 1.807) is 0 Å². The number of carboxylic acid groups (broad SMARTS) is 1. The molecule has 30 heavy (non-hydrogen) atoms. The number of ether oxygens (including phenoxy) is 1. The Morgan fingerprint density at radius 2 is 1.17 bits per heavy atom. The second-order valence-corrected chi connectivity index (χ2v) is 9.99. The Morgan fingerprint density at radius 1 is 0.767 bits per heavy atom. The first-order valence-electron chi connectivity index (χ1n) is 13.0. The summed E-state index contributed by atoms with van der Waals surface area (Å²) >= 11 is 0. The predicted molar refractivity (Wildman–Crippen MR) is 121 cm³/mol. The summed E-state index contributed by atoms with van der Waals surface area (Å²) in [7, 11) is 0. The van der Waals surface area contributed by atoms with Crippen molar-refractivity contribution in [2.24, 2.45) is 23.7 Å². The minimum atomic E-state index is -0.576. The Labute approximate surface area is 184 Å². The van der Waals surface area contributed by atoms with E-state index in [-0.39, 0.29) is 23.9 Å². The van der Waals surface area contributed by atoms with Crippen molar-refractivity contribution in [3.05, 3.63) is 0 Å². The Morgan fingerprint density at radius 3 is 1.57 bits per heavy atom. The summed E-state index contributed by atoms with van der Waals surface area (Å²) in [6.45, 7) is 4.05. The van der Waals surface area contributed by atoms with Gasteiger partial charge in [0.1, 0.15) is 0 Å². The van der Waals surface area contributed by atoms with E-state index in [1.165, 1.54) is 64.2 Å². The zero-order valence-corrected chi connectivity index (χ0v) is 19.6. The quantitative estimate of drug-likeness (QED) is 0.177. The average molecular weight is 423 g/mol. The smallest absolute Gasteiger partial charge is 0.309 e. The molecule has 2 aliphatic rings. The van der Waals surface area contributed by atoms with Crippen molar-refractivity contribution in [1.82, 2.24) is 0 Å². The van der Waals surface area contributed by atoms with Crippen molar-refractivity contribution >= 4 is 11.9 Å². The monoisotopic (exact) mass is 422 g/mol. The van der Waals surface area contributed by atoms with Gasteiger partial charge in [-0.05, 0) is 63.7 Å². The maximum absolute atomic E-state index is 12.4. The third-order valence-corrected chi connectivity index (χ3v) is 7.17. The molecule has 0 aromatic rings. The molecular weight excluding hydrogens is 376 g/mol. The van der Waals surface area contributed by atoms with Gasteiger partial charge in [0.25, 0.3) is 0 Å². The highest BCUT2D eigenvalue weighted by Gasteiger charge is 2.37. The molecule has 2 aliphatic carbocycles. The van der Waals surface area contributed by atoms with E-state index in [9.17, 15) is 14.7 Å². The summed E-state index contributed by atoms with van der Waals surface area (Å²) in [5.74, 6) is 0.636. The number of carbonyl (C=O) groups excluding carboxylic acids is 1. The number of aliphatic carboxylic acids is 1. The summed E-state index contributed by atoms with van der Waals surface area (Å²) in [6, 6.07) is 0. The summed E-state index contributed by atoms with van der Waals surface area (Å²) in [4.78, 5) is 23.6. The molecule has 3 unspecified atom stereocenters. The molecule has 2 rings (SSSR count). The van der Waals surface area contributed by atoms with Crippen molar-refractivity contribution in [3.63, 3.8) is 0 Å². The molecule has 0 aromatic carbocycles. The topological polar surface area (TPSA) is 63.6 Å². The minimum Gasteiger partial charge on any atom is -0.481 e. The first kappa shape index (κ1) is 25.2. The first-order valence-corrected chi connectivity index (χ1v) is 13.0. The third-order valence-electron chi connectivity index (χ3n) is 7.17. The average Bonchev–Trinajstić information content (AvgIpc) is 3.61. The van der Waals surface area contributed by atoms with Crippen LogP contribution < -0.4 is 0 Å². The SMILES string of the molecule is CCC(C)OC(=O)C(CCCCCCCCCCCCC(C(=O)O)C1CC1)C1CC1. The van der Waals surface area contributed by atoms with Crippen LogP contribution in [0.5, 0.6) is 0 Å².